The molecule has 4 heteroatoms. The summed E-state index contributed by atoms with van der Waals surface area (Å²) in [5.41, 5.74) is 1.73. The molecule has 0 aliphatic rings. The third kappa shape index (κ3) is 3.44. The van der Waals surface area contributed by atoms with E-state index in [0.29, 0.717) is 17.1 Å². The summed E-state index contributed by atoms with van der Waals surface area (Å²) in [6.45, 7) is 0.303. The molecule has 1 aromatic heterocycles. The van der Waals surface area contributed by atoms with Crippen LogP contribution in [0.5, 0.6) is 0 Å². The lowest BCUT2D eigenvalue weighted by Crippen LogP contribution is -3.00. The van der Waals surface area contributed by atoms with Crippen molar-refractivity contribution in [3.8, 4) is 0 Å². The fraction of sp³-hybridized carbons (Fsp3) is 0.0476. The molecule has 3 aromatic carbocycles. The Morgan fingerprint density at radius 1 is 0.840 bits per heavy atom. The Morgan fingerprint density at radius 2 is 1.56 bits per heavy atom. The first-order chi connectivity index (χ1) is 11.7. The monoisotopic (exact) mass is 411 g/mol. The lowest BCUT2D eigenvalue weighted by molar-refractivity contribution is -0.657. The van der Waals surface area contributed by atoms with Gasteiger partial charge in [-0.15, -0.1) is 0 Å². The maximum Gasteiger partial charge on any atom is 0.227 e. The van der Waals surface area contributed by atoms with Gasteiger partial charge in [0, 0.05) is 22.7 Å². The van der Waals surface area contributed by atoms with Gasteiger partial charge in [-0.3, -0.25) is 4.79 Å². The lowest BCUT2D eigenvalue weighted by atomic mass is 10.0. The van der Waals surface area contributed by atoms with E-state index < -0.39 is 0 Å². The van der Waals surface area contributed by atoms with Crippen LogP contribution in [-0.4, -0.2) is 5.78 Å². The molecule has 0 unspecified atom stereocenters. The molecule has 4 rings (SSSR count). The van der Waals surface area contributed by atoms with E-state index in [1.807, 2.05) is 29.0 Å². The first-order valence-corrected chi connectivity index (χ1v) is 8.19. The number of nitrogens with zero attached hydrogens (tertiary/aromatic N) is 1. The second-order valence-corrected chi connectivity index (χ2v) is 6.22. The number of carbonyl (C=O) groups is 1. The molecule has 1 heterocycles. The van der Waals surface area contributed by atoms with Crippen LogP contribution in [0.15, 0.2) is 79.0 Å². The van der Waals surface area contributed by atoms with Crippen molar-refractivity contribution in [2.45, 2.75) is 6.54 Å². The molecule has 0 aliphatic heterocycles. The van der Waals surface area contributed by atoms with Crippen LogP contribution in [-0.2, 0) is 6.54 Å². The van der Waals surface area contributed by atoms with Gasteiger partial charge in [-0.05, 0) is 47.2 Å². The minimum absolute atomic E-state index is 0. The summed E-state index contributed by atoms with van der Waals surface area (Å²) in [6.07, 6.45) is 1.95. The van der Waals surface area contributed by atoms with Crippen LogP contribution < -0.4 is 21.5 Å². The smallest absolute Gasteiger partial charge is 0.227 e. The van der Waals surface area contributed by atoms with Gasteiger partial charge in [0.1, 0.15) is 0 Å². The molecule has 4 aromatic rings. The molecule has 0 aliphatic carbocycles. The maximum atomic E-state index is 12.6. The molecule has 0 spiro atoms. The Hall–Kier alpha value is -2.23. The third-order valence-electron chi connectivity index (χ3n) is 4.27. The SMILES string of the molecule is O=C(C[n+]1cccc2c3ccccc3ccc21)c1ccc(Cl)cc1.[Br-]. The highest BCUT2D eigenvalue weighted by Gasteiger charge is 2.16. The summed E-state index contributed by atoms with van der Waals surface area (Å²) in [7, 11) is 0. The summed E-state index contributed by atoms with van der Waals surface area (Å²) >= 11 is 5.89. The number of benzene rings is 3. The second-order valence-electron chi connectivity index (χ2n) is 5.79. The molecule has 0 atom stereocenters. The molecule has 0 N–H and O–H groups in total. The zero-order valence-electron chi connectivity index (χ0n) is 13.3. The average molecular weight is 413 g/mol. The second kappa shape index (κ2) is 7.34. The highest BCUT2D eigenvalue weighted by atomic mass is 79.9. The van der Waals surface area contributed by atoms with Gasteiger partial charge in [0.2, 0.25) is 17.8 Å². The summed E-state index contributed by atoms with van der Waals surface area (Å²) in [6, 6.07) is 23.6. The summed E-state index contributed by atoms with van der Waals surface area (Å²) in [4.78, 5) is 12.6. The predicted molar refractivity (Wildman–Crippen MR) is 97.4 cm³/mol. The number of halogens is 2. The molecule has 0 saturated carbocycles. The number of fused-ring (bicyclic) bond motifs is 3. The van der Waals surface area contributed by atoms with E-state index in [1.165, 1.54) is 10.8 Å². The van der Waals surface area contributed by atoms with Crippen molar-refractivity contribution < 1.29 is 26.3 Å². The van der Waals surface area contributed by atoms with E-state index in [0.717, 1.165) is 10.9 Å². The van der Waals surface area contributed by atoms with Gasteiger partial charge in [0.25, 0.3) is 0 Å². The largest absolute Gasteiger partial charge is 1.00 e. The van der Waals surface area contributed by atoms with Gasteiger partial charge in [-0.1, -0.05) is 35.9 Å². The number of carbonyl (C=O) groups excluding carboxylic acids is 1. The Balaban J connectivity index is 0.00000182. The Labute approximate surface area is 161 Å². The van der Waals surface area contributed by atoms with Crippen molar-refractivity contribution in [2.24, 2.45) is 0 Å². The van der Waals surface area contributed by atoms with Gasteiger partial charge in [0.15, 0.2) is 6.20 Å². The van der Waals surface area contributed by atoms with E-state index >= 15 is 0 Å². The number of Topliss-reactive ketones (excluding diaryl/α,β-unsaturated/α-hetero) is 1. The van der Waals surface area contributed by atoms with Gasteiger partial charge in [-0.25, -0.2) is 0 Å². The molecule has 0 saturated heterocycles. The van der Waals surface area contributed by atoms with Crippen LogP contribution >= 0.6 is 11.6 Å². The highest BCUT2D eigenvalue weighted by molar-refractivity contribution is 6.30. The zero-order valence-corrected chi connectivity index (χ0v) is 15.7. The fourth-order valence-corrected chi connectivity index (χ4v) is 3.18. The molecule has 124 valence electrons. The Bertz CT molecular complexity index is 1060. The van der Waals surface area contributed by atoms with Crippen molar-refractivity contribution in [2.75, 3.05) is 0 Å². The number of hydrogen-bond acceptors (Lipinski definition) is 1. The standard InChI is InChI=1S/C21H15ClNO.BrH/c22-17-10-7-16(8-11-17)21(24)14-23-13-3-6-19-18-5-2-1-4-15(18)9-12-20(19)23;/h1-13H,14H2;1H/q+1;/p-1. The van der Waals surface area contributed by atoms with E-state index in [2.05, 4.69) is 30.3 Å². The van der Waals surface area contributed by atoms with E-state index in [9.17, 15) is 4.79 Å². The molecule has 0 amide bonds. The molecule has 0 bridgehead atoms. The molecule has 25 heavy (non-hydrogen) atoms. The minimum atomic E-state index is 0. The van der Waals surface area contributed by atoms with Crippen LogP contribution in [0, 0.1) is 0 Å². The minimum Gasteiger partial charge on any atom is -1.00 e. The van der Waals surface area contributed by atoms with Gasteiger partial charge in [-0.2, -0.15) is 4.57 Å². The summed E-state index contributed by atoms with van der Waals surface area (Å²) in [5, 5.41) is 4.19. The number of rotatable bonds is 3. The molecule has 0 radical (unpaired) electrons. The van der Waals surface area contributed by atoms with Crippen LogP contribution in [0.1, 0.15) is 10.4 Å². The Kier molecular flexibility index (Phi) is 5.16. The average Bonchev–Trinajstić information content (AvgIpc) is 2.62. The first kappa shape index (κ1) is 17.6. The van der Waals surface area contributed by atoms with Gasteiger partial charge >= 0.3 is 0 Å². The van der Waals surface area contributed by atoms with Crippen molar-refractivity contribution in [3.63, 3.8) is 0 Å². The Morgan fingerprint density at radius 3 is 2.36 bits per heavy atom. The van der Waals surface area contributed by atoms with Crippen molar-refractivity contribution >= 4 is 39.1 Å². The fourth-order valence-electron chi connectivity index (χ4n) is 3.05. The predicted octanol–water partition coefficient (Wildman–Crippen LogP) is 1.82. The lowest BCUT2D eigenvalue weighted by Gasteiger charge is -2.04. The quantitative estimate of drug-likeness (QED) is 0.286. The molecule has 0 fully saturated rings. The van der Waals surface area contributed by atoms with Gasteiger partial charge in [0.05, 0.1) is 5.39 Å². The molecular weight excluding hydrogens is 398 g/mol. The van der Waals surface area contributed by atoms with Gasteiger partial charge < -0.3 is 17.0 Å². The van der Waals surface area contributed by atoms with Crippen LogP contribution in [0.2, 0.25) is 5.02 Å². The van der Waals surface area contributed by atoms with E-state index in [1.54, 1.807) is 24.3 Å². The number of pyridine rings is 1. The highest BCUT2D eigenvalue weighted by Crippen LogP contribution is 2.23. The topological polar surface area (TPSA) is 20.9 Å². The van der Waals surface area contributed by atoms with E-state index in [4.69, 9.17) is 11.6 Å². The van der Waals surface area contributed by atoms with Crippen molar-refractivity contribution in [1.29, 1.82) is 0 Å². The van der Waals surface area contributed by atoms with Crippen LogP contribution in [0.3, 0.4) is 0 Å². The van der Waals surface area contributed by atoms with Crippen molar-refractivity contribution in [3.05, 3.63) is 89.6 Å². The molecular formula is C21H15BrClNO. The number of ketones is 1. The number of hydrogen-bond donors (Lipinski definition) is 0. The van der Waals surface area contributed by atoms with Crippen molar-refractivity contribution in [1.82, 2.24) is 0 Å². The first-order valence-electron chi connectivity index (χ1n) is 7.81. The molecule has 2 nitrogen and oxygen atoms in total. The van der Waals surface area contributed by atoms with Crippen LogP contribution in [0.4, 0.5) is 0 Å². The van der Waals surface area contributed by atoms with E-state index in [-0.39, 0.29) is 22.8 Å². The third-order valence-corrected chi connectivity index (χ3v) is 4.52. The number of aromatic nitrogens is 1. The maximum absolute atomic E-state index is 12.6. The van der Waals surface area contributed by atoms with Crippen LogP contribution in [0.25, 0.3) is 21.7 Å². The summed E-state index contributed by atoms with van der Waals surface area (Å²) in [5.74, 6) is 0.0670. The summed E-state index contributed by atoms with van der Waals surface area (Å²) < 4.78 is 2.00. The normalized spacial score (nSPS) is 10.6. The zero-order chi connectivity index (χ0) is 16.5.